The molecule has 3 fully saturated rings. The highest BCUT2D eigenvalue weighted by atomic mass is 32.2. The van der Waals surface area contributed by atoms with Crippen LogP contribution in [0.1, 0.15) is 45.4 Å². The van der Waals surface area contributed by atoms with E-state index >= 15 is 0 Å². The van der Waals surface area contributed by atoms with E-state index in [0.717, 1.165) is 19.5 Å². The van der Waals surface area contributed by atoms with Gasteiger partial charge in [-0.15, -0.1) is 0 Å². The van der Waals surface area contributed by atoms with Crippen LogP contribution >= 0.6 is 0 Å². The summed E-state index contributed by atoms with van der Waals surface area (Å²) in [5.74, 6) is 1.24. The minimum Gasteiger partial charge on any atom is -0.314 e. The van der Waals surface area contributed by atoms with Gasteiger partial charge in [0.1, 0.15) is 0 Å². The van der Waals surface area contributed by atoms with Crippen molar-refractivity contribution in [2.75, 3.05) is 24.6 Å². The summed E-state index contributed by atoms with van der Waals surface area (Å²) in [7, 11) is -2.73. The lowest BCUT2D eigenvalue weighted by molar-refractivity contribution is 0.0150. The van der Waals surface area contributed by atoms with Crippen LogP contribution in [-0.2, 0) is 9.84 Å². The van der Waals surface area contributed by atoms with Crippen LogP contribution in [0.15, 0.2) is 0 Å². The predicted octanol–water partition coefficient (Wildman–Crippen LogP) is 1.42. The molecule has 3 rings (SSSR count). The molecule has 3 atom stereocenters. The Morgan fingerprint density at radius 3 is 2.40 bits per heavy atom. The molecule has 0 saturated carbocycles. The summed E-state index contributed by atoms with van der Waals surface area (Å²) >= 11 is 0. The van der Waals surface area contributed by atoms with Crippen molar-refractivity contribution >= 4 is 9.84 Å². The Labute approximate surface area is 123 Å². The lowest BCUT2D eigenvalue weighted by Gasteiger charge is -2.50. The molecule has 4 nitrogen and oxygen atoms in total. The average Bonchev–Trinajstić information content (AvgIpc) is 2.70. The molecule has 3 unspecified atom stereocenters. The van der Waals surface area contributed by atoms with Crippen molar-refractivity contribution < 1.29 is 8.42 Å². The quantitative estimate of drug-likeness (QED) is 0.853. The molecule has 0 amide bonds. The van der Waals surface area contributed by atoms with E-state index in [1.54, 1.807) is 0 Å². The summed E-state index contributed by atoms with van der Waals surface area (Å²) in [6, 6.07) is 2.06. The van der Waals surface area contributed by atoms with Gasteiger partial charge in [-0.05, 0) is 44.6 Å². The Morgan fingerprint density at radius 2 is 1.85 bits per heavy atom. The van der Waals surface area contributed by atoms with Crippen molar-refractivity contribution in [3.8, 4) is 0 Å². The summed E-state index contributed by atoms with van der Waals surface area (Å²) in [5.41, 5.74) is 0. The van der Waals surface area contributed by atoms with Crippen LogP contribution < -0.4 is 5.32 Å². The molecule has 3 aliphatic rings. The number of hydrogen-bond donors (Lipinski definition) is 1. The van der Waals surface area contributed by atoms with Crippen LogP contribution in [0, 0.1) is 5.92 Å². The number of rotatable bonds is 4. The molecule has 0 aromatic heterocycles. The van der Waals surface area contributed by atoms with Crippen LogP contribution in [0.5, 0.6) is 0 Å². The third kappa shape index (κ3) is 3.20. The van der Waals surface area contributed by atoms with Crippen molar-refractivity contribution in [1.29, 1.82) is 0 Å². The van der Waals surface area contributed by atoms with Crippen LogP contribution in [0.2, 0.25) is 0 Å². The molecular weight excluding hydrogens is 272 g/mol. The molecule has 0 aliphatic carbocycles. The third-order valence-electron chi connectivity index (χ3n) is 5.41. The first kappa shape index (κ1) is 14.8. The molecule has 3 aliphatic heterocycles. The van der Waals surface area contributed by atoms with E-state index in [2.05, 4.69) is 17.1 Å². The number of nitrogens with one attached hydrogen (secondary N) is 1. The van der Waals surface area contributed by atoms with Gasteiger partial charge in [-0.25, -0.2) is 8.42 Å². The zero-order valence-electron chi connectivity index (χ0n) is 12.6. The SMILES string of the molecule is CCNC1CC2CCCC(C1)N2CC1CCS(=O)(=O)C1. The summed E-state index contributed by atoms with van der Waals surface area (Å²) in [4.78, 5) is 2.67. The first-order chi connectivity index (χ1) is 9.57. The van der Waals surface area contributed by atoms with Gasteiger partial charge in [0.2, 0.25) is 0 Å². The summed E-state index contributed by atoms with van der Waals surface area (Å²) in [6.45, 7) is 4.27. The zero-order valence-corrected chi connectivity index (χ0v) is 13.4. The van der Waals surface area contributed by atoms with Crippen molar-refractivity contribution in [1.82, 2.24) is 10.2 Å². The molecule has 2 bridgehead atoms. The molecule has 3 saturated heterocycles. The Bertz CT molecular complexity index is 423. The fraction of sp³-hybridized carbons (Fsp3) is 1.00. The lowest BCUT2D eigenvalue weighted by Crippen LogP contribution is -2.57. The number of piperidine rings is 2. The Kier molecular flexibility index (Phi) is 4.39. The highest BCUT2D eigenvalue weighted by Crippen LogP contribution is 2.35. The standard InChI is InChI=1S/C15H28N2O2S/c1-2-16-13-8-14-4-3-5-15(9-13)17(14)10-12-6-7-20(18,19)11-12/h12-16H,2-11H2,1H3. The molecule has 0 radical (unpaired) electrons. The van der Waals surface area contributed by atoms with E-state index in [1.165, 1.54) is 32.1 Å². The molecular formula is C15H28N2O2S. The topological polar surface area (TPSA) is 49.4 Å². The van der Waals surface area contributed by atoms with Gasteiger partial charge in [-0.2, -0.15) is 0 Å². The van der Waals surface area contributed by atoms with E-state index in [1.807, 2.05) is 0 Å². The third-order valence-corrected chi connectivity index (χ3v) is 7.25. The van der Waals surface area contributed by atoms with Crippen molar-refractivity contribution in [2.45, 2.75) is 63.6 Å². The maximum atomic E-state index is 11.6. The monoisotopic (exact) mass is 300 g/mol. The Balaban J connectivity index is 1.62. The number of hydrogen-bond acceptors (Lipinski definition) is 4. The second-order valence-corrected chi connectivity index (χ2v) is 9.16. The lowest BCUT2D eigenvalue weighted by atomic mass is 9.81. The van der Waals surface area contributed by atoms with E-state index in [0.29, 0.717) is 35.5 Å². The van der Waals surface area contributed by atoms with Crippen LogP contribution in [-0.4, -0.2) is 56.0 Å². The van der Waals surface area contributed by atoms with Gasteiger partial charge in [0.05, 0.1) is 11.5 Å². The van der Waals surface area contributed by atoms with Gasteiger partial charge in [0.15, 0.2) is 9.84 Å². The number of fused-ring (bicyclic) bond motifs is 2. The normalized spacial score (nSPS) is 40.9. The van der Waals surface area contributed by atoms with Gasteiger partial charge < -0.3 is 5.32 Å². The summed E-state index contributed by atoms with van der Waals surface area (Å²) < 4.78 is 23.3. The maximum Gasteiger partial charge on any atom is 0.150 e. The molecule has 1 N–H and O–H groups in total. The Hall–Kier alpha value is -0.130. The van der Waals surface area contributed by atoms with Crippen LogP contribution in [0.25, 0.3) is 0 Å². The van der Waals surface area contributed by atoms with Crippen molar-refractivity contribution in [3.63, 3.8) is 0 Å². The summed E-state index contributed by atoms with van der Waals surface area (Å²) in [6.07, 6.45) is 7.35. The second kappa shape index (κ2) is 5.93. The molecule has 0 aromatic carbocycles. The molecule has 0 aromatic rings. The van der Waals surface area contributed by atoms with Gasteiger partial charge in [0, 0.05) is 24.7 Å². The fourth-order valence-corrected chi connectivity index (χ4v) is 6.40. The highest BCUT2D eigenvalue weighted by molar-refractivity contribution is 7.91. The van der Waals surface area contributed by atoms with Gasteiger partial charge in [0.25, 0.3) is 0 Å². The highest BCUT2D eigenvalue weighted by Gasteiger charge is 2.40. The minimum atomic E-state index is -2.73. The summed E-state index contributed by atoms with van der Waals surface area (Å²) in [5, 5.41) is 3.62. The average molecular weight is 300 g/mol. The molecule has 20 heavy (non-hydrogen) atoms. The van der Waals surface area contributed by atoms with Crippen molar-refractivity contribution in [3.05, 3.63) is 0 Å². The van der Waals surface area contributed by atoms with E-state index in [-0.39, 0.29) is 0 Å². The largest absolute Gasteiger partial charge is 0.314 e. The van der Waals surface area contributed by atoms with Crippen LogP contribution in [0.3, 0.4) is 0 Å². The van der Waals surface area contributed by atoms with Gasteiger partial charge >= 0.3 is 0 Å². The predicted molar refractivity (Wildman–Crippen MR) is 81.6 cm³/mol. The van der Waals surface area contributed by atoms with E-state index < -0.39 is 9.84 Å². The molecule has 5 heteroatoms. The zero-order chi connectivity index (χ0) is 14.2. The first-order valence-corrected chi connectivity index (χ1v) is 10.1. The molecule has 3 heterocycles. The maximum absolute atomic E-state index is 11.6. The van der Waals surface area contributed by atoms with Crippen molar-refractivity contribution in [2.24, 2.45) is 5.92 Å². The Morgan fingerprint density at radius 1 is 1.15 bits per heavy atom. The first-order valence-electron chi connectivity index (χ1n) is 8.27. The molecule has 116 valence electrons. The number of sulfone groups is 1. The minimum absolute atomic E-state index is 0.388. The fourth-order valence-electron chi connectivity index (χ4n) is 4.55. The van der Waals surface area contributed by atoms with Gasteiger partial charge in [-0.1, -0.05) is 13.3 Å². The van der Waals surface area contributed by atoms with Gasteiger partial charge in [-0.3, -0.25) is 4.90 Å². The molecule has 0 spiro atoms. The number of nitrogens with zero attached hydrogens (tertiary/aromatic N) is 1. The smallest absolute Gasteiger partial charge is 0.150 e. The van der Waals surface area contributed by atoms with E-state index in [4.69, 9.17) is 0 Å². The van der Waals surface area contributed by atoms with E-state index in [9.17, 15) is 8.42 Å². The second-order valence-electron chi connectivity index (χ2n) is 6.93. The van der Waals surface area contributed by atoms with Crippen LogP contribution in [0.4, 0.5) is 0 Å².